The molecule has 6 aromatic rings. The molecule has 2 fully saturated rings. The molecule has 0 unspecified atom stereocenters. The van der Waals surface area contributed by atoms with E-state index in [-0.39, 0.29) is 12.0 Å². The van der Waals surface area contributed by atoms with E-state index in [1.807, 2.05) is 67.7 Å². The third-order valence-corrected chi connectivity index (χ3v) is 10.6. The van der Waals surface area contributed by atoms with Gasteiger partial charge in [0, 0.05) is 61.6 Å². The van der Waals surface area contributed by atoms with E-state index in [2.05, 4.69) is 26.2 Å². The quantitative estimate of drug-likeness (QED) is 0.135. The summed E-state index contributed by atoms with van der Waals surface area (Å²) < 4.78 is 6.25. The number of carboxylic acid groups (broad SMARTS) is 1. The van der Waals surface area contributed by atoms with Crippen LogP contribution in [0.2, 0.25) is 10.0 Å². The summed E-state index contributed by atoms with van der Waals surface area (Å²) in [5.74, 6) is -0.0363. The minimum atomic E-state index is -0.751. The second-order valence-electron chi connectivity index (χ2n) is 13.5. The number of nitrogens with one attached hydrogen (secondary N) is 1. The van der Waals surface area contributed by atoms with Gasteiger partial charge in [-0.25, -0.2) is 9.97 Å². The molecule has 3 N–H and O–H groups in total. The lowest BCUT2D eigenvalue weighted by Gasteiger charge is -2.16. The number of β-amino-alcohol motifs (C(OH)–C–C–N with tert-alkyl or cyclic N) is 1. The molecule has 2 aliphatic rings. The van der Waals surface area contributed by atoms with Gasteiger partial charge < -0.3 is 19.9 Å². The highest BCUT2D eigenvalue weighted by molar-refractivity contribution is 6.36. The lowest BCUT2D eigenvalue weighted by Crippen LogP contribution is -2.22. The number of hydrogen-bond acceptors (Lipinski definition) is 9. The van der Waals surface area contributed by atoms with Crippen LogP contribution in [0.4, 0.5) is 11.5 Å². The van der Waals surface area contributed by atoms with Gasteiger partial charge in [0.15, 0.2) is 11.4 Å². The summed E-state index contributed by atoms with van der Waals surface area (Å²) in [6.07, 6.45) is 4.81. The number of pyridine rings is 2. The Morgan fingerprint density at radius 3 is 2.51 bits per heavy atom. The Labute approximate surface area is 304 Å². The van der Waals surface area contributed by atoms with Gasteiger partial charge in [-0.1, -0.05) is 47.5 Å². The Kier molecular flexibility index (Phi) is 9.12. The van der Waals surface area contributed by atoms with Crippen molar-refractivity contribution < 1.29 is 19.4 Å². The molecule has 3 aromatic carbocycles. The van der Waals surface area contributed by atoms with Gasteiger partial charge >= 0.3 is 5.97 Å². The molecule has 3 aromatic heterocycles. The molecule has 0 spiro atoms. The van der Waals surface area contributed by atoms with Crippen molar-refractivity contribution in [3.8, 4) is 22.6 Å². The summed E-state index contributed by atoms with van der Waals surface area (Å²) in [6, 6.07) is 19.7. The Bertz CT molecular complexity index is 2290. The predicted octanol–water partition coefficient (Wildman–Crippen LogP) is 7.94. The molecule has 10 nitrogen and oxygen atoms in total. The molecule has 2 saturated heterocycles. The first-order valence-corrected chi connectivity index (χ1v) is 17.8. The van der Waals surface area contributed by atoms with Crippen LogP contribution in [-0.2, 0) is 17.9 Å². The number of hydrogen-bond donors (Lipinski definition) is 3. The van der Waals surface area contributed by atoms with Crippen LogP contribution in [0, 0.1) is 12.8 Å². The van der Waals surface area contributed by atoms with Gasteiger partial charge in [-0.05, 0) is 85.0 Å². The summed E-state index contributed by atoms with van der Waals surface area (Å²) in [6.45, 7) is 6.15. The third-order valence-electron chi connectivity index (χ3n) is 9.95. The molecule has 0 saturated carbocycles. The lowest BCUT2D eigenvalue weighted by molar-refractivity contribution is -0.141. The largest absolute Gasteiger partial charge is 0.481 e. The number of carboxylic acids is 1. The number of anilines is 2. The number of aromatic nitrogens is 3. The number of likely N-dealkylation sites (tertiary alicyclic amines) is 2. The zero-order valence-electron chi connectivity index (χ0n) is 27.9. The highest BCUT2D eigenvalue weighted by atomic mass is 35.5. The molecule has 12 heteroatoms. The lowest BCUT2D eigenvalue weighted by atomic mass is 9.96. The number of fused-ring (bicyclic) bond motifs is 2. The number of carbonyl (C=O) groups is 1. The molecule has 260 valence electrons. The second-order valence-corrected chi connectivity index (χ2v) is 14.3. The smallest absolute Gasteiger partial charge is 0.307 e. The molecule has 0 bridgehead atoms. The van der Waals surface area contributed by atoms with Crippen LogP contribution in [0.1, 0.15) is 29.5 Å². The number of rotatable bonds is 9. The summed E-state index contributed by atoms with van der Waals surface area (Å²) in [5, 5.41) is 24.7. The summed E-state index contributed by atoms with van der Waals surface area (Å²) >= 11 is 13.8. The number of aliphatic hydroxyl groups excluding tert-OH is 1. The number of oxazole rings is 1. The maximum absolute atomic E-state index is 11.4. The first kappa shape index (κ1) is 33.6. The Balaban J connectivity index is 1.05. The SMILES string of the molecule is Cc1c(-c2nc3cc(CN4CC[C@@H](C(=O)O)C4)cc(Cl)c3o2)cccc1-c1cccc(Nc2nccc3cc(CN4CC[C@H](O)C4)cnc23)c1Cl. The van der Waals surface area contributed by atoms with Gasteiger partial charge in [-0.15, -0.1) is 0 Å². The van der Waals surface area contributed by atoms with E-state index in [1.54, 1.807) is 6.20 Å². The van der Waals surface area contributed by atoms with Crippen LogP contribution < -0.4 is 5.32 Å². The first-order chi connectivity index (χ1) is 24.7. The maximum Gasteiger partial charge on any atom is 0.307 e. The molecular weight excluding hydrogens is 687 g/mol. The Morgan fingerprint density at radius 1 is 0.941 bits per heavy atom. The first-order valence-electron chi connectivity index (χ1n) is 17.0. The fourth-order valence-electron chi connectivity index (χ4n) is 7.31. The molecule has 2 atom stereocenters. The van der Waals surface area contributed by atoms with Crippen LogP contribution >= 0.6 is 23.2 Å². The fraction of sp³-hybridized carbons (Fsp3) is 0.282. The average Bonchev–Trinajstić information content (AvgIpc) is 3.86. The van der Waals surface area contributed by atoms with Crippen molar-refractivity contribution in [1.29, 1.82) is 0 Å². The van der Waals surface area contributed by atoms with Crippen LogP contribution in [0.3, 0.4) is 0 Å². The highest BCUT2D eigenvalue weighted by Gasteiger charge is 2.28. The standard InChI is InChI=1S/C39H36Cl2N6O4/c1-22-28(4-2-5-29(22)38-45-33-16-23(15-31(40)36(33)51-38)18-46-12-9-26(20-46)39(49)50)30-6-3-7-32(34(30)41)44-37-35-25(8-11-42-37)14-24(17-43-35)19-47-13-10-27(48)21-47/h2-8,11,14-17,26-27,48H,9-10,12-13,18-21H2,1H3,(H,42,44)(H,49,50)/t26-,27+/m1/s1. The summed E-state index contributed by atoms with van der Waals surface area (Å²) in [4.78, 5) is 30.0. The van der Waals surface area contributed by atoms with Crippen molar-refractivity contribution in [1.82, 2.24) is 24.8 Å². The summed E-state index contributed by atoms with van der Waals surface area (Å²) in [7, 11) is 0. The van der Waals surface area contributed by atoms with Crippen molar-refractivity contribution >= 4 is 62.7 Å². The van der Waals surface area contributed by atoms with Crippen molar-refractivity contribution in [2.75, 3.05) is 31.5 Å². The predicted molar refractivity (Wildman–Crippen MR) is 199 cm³/mol. The van der Waals surface area contributed by atoms with Crippen molar-refractivity contribution in [2.24, 2.45) is 5.92 Å². The number of aliphatic hydroxyl groups is 1. The van der Waals surface area contributed by atoms with Crippen molar-refractivity contribution in [3.05, 3.63) is 99.8 Å². The molecule has 51 heavy (non-hydrogen) atoms. The van der Waals surface area contributed by atoms with Gasteiger partial charge in [0.2, 0.25) is 5.89 Å². The van der Waals surface area contributed by atoms with Gasteiger partial charge in [0.25, 0.3) is 0 Å². The van der Waals surface area contributed by atoms with Crippen molar-refractivity contribution in [2.45, 2.75) is 39.0 Å². The van der Waals surface area contributed by atoms with E-state index in [0.29, 0.717) is 64.6 Å². The Morgan fingerprint density at radius 2 is 1.71 bits per heavy atom. The molecule has 0 aliphatic carbocycles. The minimum Gasteiger partial charge on any atom is -0.481 e. The van der Waals surface area contributed by atoms with Crippen LogP contribution in [0.5, 0.6) is 0 Å². The van der Waals surface area contributed by atoms with Gasteiger partial charge in [0.1, 0.15) is 11.0 Å². The molecule has 8 rings (SSSR count). The van der Waals surface area contributed by atoms with Crippen LogP contribution in [-0.4, -0.2) is 73.2 Å². The number of aliphatic carboxylic acids is 1. The van der Waals surface area contributed by atoms with E-state index < -0.39 is 5.97 Å². The zero-order chi connectivity index (χ0) is 35.2. The third kappa shape index (κ3) is 6.78. The normalized spacial score (nSPS) is 18.3. The zero-order valence-corrected chi connectivity index (χ0v) is 29.5. The van der Waals surface area contributed by atoms with E-state index in [4.69, 9.17) is 37.6 Å². The van der Waals surface area contributed by atoms with Crippen LogP contribution in [0.25, 0.3) is 44.6 Å². The monoisotopic (exact) mass is 722 g/mol. The molecular formula is C39H36Cl2N6O4. The molecule has 0 amide bonds. The number of benzene rings is 3. The second kappa shape index (κ2) is 13.9. The average molecular weight is 724 g/mol. The topological polar surface area (TPSA) is 128 Å². The Hall–Kier alpha value is -4.58. The number of nitrogens with zero attached hydrogens (tertiary/aromatic N) is 5. The highest BCUT2D eigenvalue weighted by Crippen LogP contribution is 2.40. The van der Waals surface area contributed by atoms with Crippen LogP contribution in [0.15, 0.2) is 77.5 Å². The van der Waals surface area contributed by atoms with E-state index in [1.165, 1.54) is 0 Å². The van der Waals surface area contributed by atoms with E-state index in [0.717, 1.165) is 70.3 Å². The van der Waals surface area contributed by atoms with Gasteiger partial charge in [-0.2, -0.15) is 0 Å². The van der Waals surface area contributed by atoms with E-state index >= 15 is 0 Å². The minimum absolute atomic E-state index is 0.261. The summed E-state index contributed by atoms with van der Waals surface area (Å²) in [5.41, 5.74) is 8.17. The molecule has 5 heterocycles. The van der Waals surface area contributed by atoms with Gasteiger partial charge in [-0.3, -0.25) is 19.6 Å². The fourth-order valence-corrected chi connectivity index (χ4v) is 7.86. The molecule has 2 aliphatic heterocycles. The van der Waals surface area contributed by atoms with Gasteiger partial charge in [0.05, 0.1) is 27.8 Å². The van der Waals surface area contributed by atoms with Crippen molar-refractivity contribution in [3.63, 3.8) is 0 Å². The number of halogens is 2. The molecule has 0 radical (unpaired) electrons. The van der Waals surface area contributed by atoms with E-state index in [9.17, 15) is 15.0 Å². The maximum atomic E-state index is 11.4.